The minimum Gasteiger partial charge on any atom is -0.347 e. The summed E-state index contributed by atoms with van der Waals surface area (Å²) < 4.78 is 0. The lowest BCUT2D eigenvalue weighted by molar-refractivity contribution is -0.146. The van der Waals surface area contributed by atoms with Gasteiger partial charge < -0.3 is 26.2 Å². The monoisotopic (exact) mass is 695 g/mol. The molecule has 13 nitrogen and oxygen atoms in total. The molecule has 1 aliphatic heterocycles. The fourth-order valence-corrected chi connectivity index (χ4v) is 7.30. The molecular weight excluding hydrogens is 638 g/mol. The van der Waals surface area contributed by atoms with E-state index in [4.69, 9.17) is 0 Å². The molecule has 6 atom stereocenters. The second kappa shape index (κ2) is 17.4. The summed E-state index contributed by atoms with van der Waals surface area (Å²) in [5, 5.41) is 11.5. The minimum absolute atomic E-state index is 0.00439. The molecule has 50 heavy (non-hydrogen) atoms. The Kier molecular flexibility index (Phi) is 13.5. The van der Waals surface area contributed by atoms with Crippen LogP contribution in [0.25, 0.3) is 0 Å². The van der Waals surface area contributed by atoms with Gasteiger partial charge in [0, 0.05) is 25.0 Å². The second-order valence-corrected chi connectivity index (χ2v) is 15.5. The standard InChI is InChI=1S/C37H57N7O6/c1-7-12-26(30(45)35(49)40-24-15-16-24)41-34(48)29-25(22(3)8-2)17-20-44(29)36(50)31(37(4,5)6)43-33(47)28(23-13-10-9-11-14-23)42-32(46)27-21-38-18-19-39-27/h18-19,21-26,28-29,31H,7-17,20H2,1-6H3,(H,40,49)(H,41,48)(H,42,46)(H,43,47)/t22?,25-,26+,28-,29+,31+/m1/s1. The zero-order valence-electron chi connectivity index (χ0n) is 30.6. The highest BCUT2D eigenvalue weighted by Crippen LogP contribution is 2.35. The van der Waals surface area contributed by atoms with Gasteiger partial charge in [-0.1, -0.05) is 73.6 Å². The highest BCUT2D eigenvalue weighted by Gasteiger charge is 2.48. The topological polar surface area (TPSA) is 180 Å². The van der Waals surface area contributed by atoms with Gasteiger partial charge in [0.2, 0.25) is 23.5 Å². The van der Waals surface area contributed by atoms with Crippen LogP contribution in [0.2, 0.25) is 0 Å². The van der Waals surface area contributed by atoms with E-state index >= 15 is 0 Å². The number of hydrogen-bond donors (Lipinski definition) is 4. The van der Waals surface area contributed by atoms with Crippen molar-refractivity contribution < 1.29 is 28.8 Å². The molecule has 13 heteroatoms. The van der Waals surface area contributed by atoms with Crippen LogP contribution in [0.3, 0.4) is 0 Å². The van der Waals surface area contributed by atoms with Crippen molar-refractivity contribution >= 4 is 35.3 Å². The molecule has 4 N–H and O–H groups in total. The number of Topliss-reactive ketones (excluding diaryl/α,β-unsaturated/α-hetero) is 1. The number of nitrogens with one attached hydrogen (secondary N) is 4. The van der Waals surface area contributed by atoms with E-state index in [1.807, 2.05) is 41.5 Å². The van der Waals surface area contributed by atoms with Crippen LogP contribution >= 0.6 is 0 Å². The molecule has 0 spiro atoms. The average molecular weight is 696 g/mol. The number of rotatable bonds is 15. The van der Waals surface area contributed by atoms with Crippen molar-refractivity contribution in [3.8, 4) is 0 Å². The van der Waals surface area contributed by atoms with Crippen LogP contribution < -0.4 is 21.3 Å². The van der Waals surface area contributed by atoms with Gasteiger partial charge in [0.25, 0.3) is 11.8 Å². The number of hydrogen-bond acceptors (Lipinski definition) is 8. The predicted molar refractivity (Wildman–Crippen MR) is 187 cm³/mol. The van der Waals surface area contributed by atoms with Gasteiger partial charge in [0.05, 0.1) is 12.2 Å². The summed E-state index contributed by atoms with van der Waals surface area (Å²) in [4.78, 5) is 91.6. The maximum Gasteiger partial charge on any atom is 0.289 e. The molecule has 2 saturated carbocycles. The van der Waals surface area contributed by atoms with Gasteiger partial charge in [0.15, 0.2) is 0 Å². The smallest absolute Gasteiger partial charge is 0.289 e. The third-order valence-corrected chi connectivity index (χ3v) is 10.6. The van der Waals surface area contributed by atoms with Gasteiger partial charge >= 0.3 is 0 Å². The molecule has 1 aromatic heterocycles. The van der Waals surface area contributed by atoms with E-state index in [-0.39, 0.29) is 29.5 Å². The van der Waals surface area contributed by atoms with Gasteiger partial charge in [-0.15, -0.1) is 0 Å². The van der Waals surface area contributed by atoms with E-state index in [2.05, 4.69) is 31.2 Å². The molecule has 5 amide bonds. The molecule has 2 heterocycles. The SMILES string of the molecule is CCC[C@H](NC(=O)[C@@H]1[C@@H](C(C)CC)CCN1C(=O)[C@H](NC(=O)[C@H](NC(=O)c1cnccn1)C1CCCCC1)C(C)(C)C)C(=O)C(=O)NC1CC1. The molecule has 4 rings (SSSR count). The minimum atomic E-state index is -1.02. The van der Waals surface area contributed by atoms with Gasteiger partial charge in [-0.2, -0.15) is 0 Å². The van der Waals surface area contributed by atoms with E-state index < -0.39 is 64.9 Å². The number of aromatic nitrogens is 2. The Labute approximate surface area is 296 Å². The second-order valence-electron chi connectivity index (χ2n) is 15.5. The fourth-order valence-electron chi connectivity index (χ4n) is 7.30. The van der Waals surface area contributed by atoms with Crippen molar-refractivity contribution in [2.75, 3.05) is 6.54 Å². The number of ketones is 1. The van der Waals surface area contributed by atoms with Gasteiger partial charge in [-0.25, -0.2) is 4.98 Å². The summed E-state index contributed by atoms with van der Waals surface area (Å²) in [5.74, 6) is -3.43. The van der Waals surface area contributed by atoms with Crippen LogP contribution in [0.4, 0.5) is 0 Å². The van der Waals surface area contributed by atoms with Crippen molar-refractivity contribution in [1.29, 1.82) is 0 Å². The number of carbonyl (C=O) groups is 6. The molecular formula is C37H57N7O6. The first-order valence-corrected chi connectivity index (χ1v) is 18.6. The Morgan fingerprint density at radius 1 is 0.920 bits per heavy atom. The summed E-state index contributed by atoms with van der Waals surface area (Å²) >= 11 is 0. The molecule has 3 aliphatic rings. The van der Waals surface area contributed by atoms with Crippen molar-refractivity contribution in [3.05, 3.63) is 24.3 Å². The van der Waals surface area contributed by atoms with Crippen molar-refractivity contribution in [1.82, 2.24) is 36.1 Å². The summed E-state index contributed by atoms with van der Waals surface area (Å²) in [6, 6.07) is -3.80. The molecule has 2 aliphatic carbocycles. The van der Waals surface area contributed by atoms with Crippen LogP contribution in [-0.4, -0.2) is 86.9 Å². The van der Waals surface area contributed by atoms with Crippen LogP contribution in [0.15, 0.2) is 18.6 Å². The lowest BCUT2D eigenvalue weighted by Crippen LogP contribution is -2.62. The zero-order valence-corrected chi connectivity index (χ0v) is 30.6. The Bertz CT molecular complexity index is 1370. The highest BCUT2D eigenvalue weighted by atomic mass is 16.2. The van der Waals surface area contributed by atoms with Crippen LogP contribution in [-0.2, 0) is 24.0 Å². The number of amides is 5. The van der Waals surface area contributed by atoms with E-state index in [9.17, 15) is 28.8 Å². The van der Waals surface area contributed by atoms with E-state index in [0.29, 0.717) is 25.8 Å². The molecule has 0 aromatic carbocycles. The zero-order chi connectivity index (χ0) is 36.6. The number of carbonyl (C=O) groups excluding carboxylic acids is 6. The van der Waals surface area contributed by atoms with E-state index in [1.54, 1.807) is 4.90 Å². The third kappa shape index (κ3) is 9.87. The molecule has 1 saturated heterocycles. The highest BCUT2D eigenvalue weighted by molar-refractivity contribution is 6.38. The summed E-state index contributed by atoms with van der Waals surface area (Å²) in [6.45, 7) is 11.8. The Balaban J connectivity index is 1.58. The Morgan fingerprint density at radius 3 is 2.20 bits per heavy atom. The lowest BCUT2D eigenvalue weighted by Gasteiger charge is -2.38. The van der Waals surface area contributed by atoms with Crippen molar-refractivity contribution in [2.24, 2.45) is 23.2 Å². The van der Waals surface area contributed by atoms with Gasteiger partial charge in [-0.3, -0.25) is 33.8 Å². The summed E-state index contributed by atoms with van der Waals surface area (Å²) in [7, 11) is 0. The largest absolute Gasteiger partial charge is 0.347 e. The molecule has 3 fully saturated rings. The third-order valence-electron chi connectivity index (χ3n) is 10.6. The van der Waals surface area contributed by atoms with Crippen LogP contribution in [0.1, 0.15) is 123 Å². The van der Waals surface area contributed by atoms with Gasteiger partial charge in [-0.05, 0) is 61.7 Å². The maximum atomic E-state index is 14.6. The van der Waals surface area contributed by atoms with E-state index in [1.165, 1.54) is 18.6 Å². The van der Waals surface area contributed by atoms with Crippen LogP contribution in [0, 0.1) is 23.2 Å². The normalized spacial score (nSPS) is 22.1. The molecule has 0 bridgehead atoms. The predicted octanol–water partition coefficient (Wildman–Crippen LogP) is 3.08. The Morgan fingerprint density at radius 2 is 1.62 bits per heavy atom. The maximum absolute atomic E-state index is 14.6. The van der Waals surface area contributed by atoms with Crippen LogP contribution in [0.5, 0.6) is 0 Å². The number of likely N-dealkylation sites (tertiary alicyclic amines) is 1. The fraction of sp³-hybridized carbons (Fsp3) is 0.730. The van der Waals surface area contributed by atoms with Crippen molar-refractivity contribution in [2.45, 2.75) is 142 Å². The lowest BCUT2D eigenvalue weighted by atomic mass is 9.81. The summed E-state index contributed by atoms with van der Waals surface area (Å²) in [5.41, 5.74) is -0.660. The van der Waals surface area contributed by atoms with Crippen molar-refractivity contribution in [3.63, 3.8) is 0 Å². The molecule has 1 aromatic rings. The first-order valence-electron chi connectivity index (χ1n) is 18.6. The van der Waals surface area contributed by atoms with Gasteiger partial charge in [0.1, 0.15) is 23.8 Å². The Hall–Kier alpha value is -3.90. The van der Waals surface area contributed by atoms with E-state index in [0.717, 1.165) is 51.4 Å². The first-order chi connectivity index (χ1) is 23.8. The molecule has 0 radical (unpaired) electrons. The average Bonchev–Trinajstić information content (AvgIpc) is 3.81. The quantitative estimate of drug-likeness (QED) is 0.202. The molecule has 276 valence electrons. The summed E-state index contributed by atoms with van der Waals surface area (Å²) in [6.07, 6.45) is 12.6. The number of nitrogens with zero attached hydrogens (tertiary/aromatic N) is 3. The first kappa shape index (κ1) is 38.9. The molecule has 1 unspecified atom stereocenters.